The number of benzene rings is 8. The zero-order chi connectivity index (χ0) is 30.6. The fourth-order valence-electron chi connectivity index (χ4n) is 8.41. The molecule has 0 bridgehead atoms. The zero-order valence-electron chi connectivity index (χ0n) is 25.5. The lowest BCUT2D eigenvalue weighted by Gasteiger charge is -2.14. The summed E-state index contributed by atoms with van der Waals surface area (Å²) >= 11 is 1.90. The van der Waals surface area contributed by atoms with Crippen LogP contribution in [0.4, 0.5) is 0 Å². The molecule has 0 atom stereocenters. The Morgan fingerprint density at radius 3 is 2.02 bits per heavy atom. The molecule has 1 nitrogen and oxygen atoms in total. The maximum atomic E-state index is 2.45. The summed E-state index contributed by atoms with van der Waals surface area (Å²) in [7, 11) is 0. The van der Waals surface area contributed by atoms with Gasteiger partial charge in [0.15, 0.2) is 0 Å². The van der Waals surface area contributed by atoms with E-state index in [1.807, 2.05) is 11.3 Å². The number of thiophene rings is 1. The first-order valence-corrected chi connectivity index (χ1v) is 17.1. The Labute approximate surface area is 275 Å². The van der Waals surface area contributed by atoms with Gasteiger partial charge in [0.2, 0.25) is 0 Å². The Bertz CT molecular complexity index is 2920. The normalized spacial score (nSPS) is 12.6. The van der Waals surface area contributed by atoms with Crippen LogP contribution in [0.2, 0.25) is 0 Å². The van der Waals surface area contributed by atoms with Crippen LogP contribution in [-0.2, 0) is 6.42 Å². The second kappa shape index (κ2) is 9.42. The average molecular weight is 614 g/mol. The molecule has 0 N–H and O–H groups in total. The van der Waals surface area contributed by atoms with Gasteiger partial charge in [-0.25, -0.2) is 0 Å². The van der Waals surface area contributed by atoms with E-state index in [9.17, 15) is 0 Å². The van der Waals surface area contributed by atoms with Crippen LogP contribution < -0.4 is 0 Å². The zero-order valence-corrected chi connectivity index (χ0v) is 26.3. The monoisotopic (exact) mass is 613 g/mol. The van der Waals surface area contributed by atoms with Crippen LogP contribution in [0.5, 0.6) is 0 Å². The second-order valence-electron chi connectivity index (χ2n) is 12.8. The van der Waals surface area contributed by atoms with Gasteiger partial charge in [-0.15, -0.1) is 11.3 Å². The minimum Gasteiger partial charge on any atom is -0.309 e. The number of hydrogen-bond donors (Lipinski definition) is 0. The first-order chi connectivity index (χ1) is 23.3. The van der Waals surface area contributed by atoms with Gasteiger partial charge in [-0.1, -0.05) is 115 Å². The lowest BCUT2D eigenvalue weighted by atomic mass is 9.89. The molecule has 0 radical (unpaired) electrons. The molecule has 10 aromatic rings. The molecule has 0 fully saturated rings. The van der Waals surface area contributed by atoms with Crippen molar-refractivity contribution >= 4 is 74.9 Å². The van der Waals surface area contributed by atoms with Gasteiger partial charge >= 0.3 is 0 Å². The summed E-state index contributed by atoms with van der Waals surface area (Å²) in [5.41, 5.74) is 11.8. The topological polar surface area (TPSA) is 4.93 Å². The number of rotatable bonds is 2. The van der Waals surface area contributed by atoms with E-state index >= 15 is 0 Å². The van der Waals surface area contributed by atoms with Crippen LogP contribution >= 0.6 is 11.3 Å². The van der Waals surface area contributed by atoms with Crippen molar-refractivity contribution in [2.24, 2.45) is 0 Å². The maximum Gasteiger partial charge on any atom is 0.0547 e. The van der Waals surface area contributed by atoms with E-state index in [-0.39, 0.29) is 0 Å². The van der Waals surface area contributed by atoms with Crippen LogP contribution in [0.3, 0.4) is 0 Å². The molecular formula is C45H27NS. The number of hydrogen-bond acceptors (Lipinski definition) is 1. The van der Waals surface area contributed by atoms with Gasteiger partial charge in [-0.3, -0.25) is 0 Å². The van der Waals surface area contributed by atoms with Gasteiger partial charge in [0, 0.05) is 36.6 Å². The third-order valence-electron chi connectivity index (χ3n) is 10.4. The Kier molecular flexibility index (Phi) is 5.11. The molecule has 2 heterocycles. The molecule has 8 aromatic carbocycles. The van der Waals surface area contributed by atoms with Crippen LogP contribution in [0, 0.1) is 0 Å². The quantitative estimate of drug-likeness (QED) is 0.171. The summed E-state index contributed by atoms with van der Waals surface area (Å²) in [6.07, 6.45) is 0.944. The molecule has 218 valence electrons. The standard InChI is InChI=1S/C45H27NS/c1-2-10-30(11-3-1)46-39-16-8-6-12-32(39)33-21-19-28(26-40(33)46)27-18-20-31-29(24-27)25-38-36-22-23-42-45(37-15-7-9-17-41(37)47-42)44(36)35-14-5-4-13-34(35)43(31)38/h1-24,26H,25H2. The third kappa shape index (κ3) is 3.48. The van der Waals surface area contributed by atoms with Crippen LogP contribution in [0.15, 0.2) is 152 Å². The fraction of sp³-hybridized carbons (Fsp3) is 0.0222. The van der Waals surface area contributed by atoms with Crippen molar-refractivity contribution < 1.29 is 0 Å². The van der Waals surface area contributed by atoms with Crippen molar-refractivity contribution in [2.75, 3.05) is 0 Å². The molecule has 0 aliphatic heterocycles. The summed E-state index contributed by atoms with van der Waals surface area (Å²) in [4.78, 5) is 0. The van der Waals surface area contributed by atoms with Crippen molar-refractivity contribution in [3.63, 3.8) is 0 Å². The fourth-order valence-corrected chi connectivity index (χ4v) is 9.53. The van der Waals surface area contributed by atoms with E-state index in [1.165, 1.54) is 103 Å². The average Bonchev–Trinajstić information content (AvgIpc) is 3.81. The summed E-state index contributed by atoms with van der Waals surface area (Å²) < 4.78 is 5.13. The smallest absolute Gasteiger partial charge is 0.0547 e. The van der Waals surface area contributed by atoms with Gasteiger partial charge in [-0.05, 0) is 97.7 Å². The Balaban J connectivity index is 1.13. The molecule has 0 saturated heterocycles. The van der Waals surface area contributed by atoms with Crippen LogP contribution in [0.25, 0.3) is 91.5 Å². The van der Waals surface area contributed by atoms with Gasteiger partial charge in [-0.2, -0.15) is 0 Å². The number of aromatic nitrogens is 1. The Morgan fingerprint density at radius 2 is 1.13 bits per heavy atom. The van der Waals surface area contributed by atoms with E-state index in [1.54, 1.807) is 0 Å². The largest absolute Gasteiger partial charge is 0.309 e. The summed E-state index contributed by atoms with van der Waals surface area (Å²) in [6.45, 7) is 0. The first-order valence-electron chi connectivity index (χ1n) is 16.3. The maximum absolute atomic E-state index is 2.45. The van der Waals surface area contributed by atoms with Gasteiger partial charge in [0.1, 0.15) is 0 Å². The molecule has 11 rings (SSSR count). The summed E-state index contributed by atoms with van der Waals surface area (Å²) in [6, 6.07) is 56.3. The highest BCUT2D eigenvalue weighted by molar-refractivity contribution is 7.26. The predicted molar refractivity (Wildman–Crippen MR) is 202 cm³/mol. The molecule has 0 saturated carbocycles. The lowest BCUT2D eigenvalue weighted by Crippen LogP contribution is -1.93. The minimum atomic E-state index is 0.944. The second-order valence-corrected chi connectivity index (χ2v) is 13.9. The molecule has 0 amide bonds. The van der Waals surface area contributed by atoms with Gasteiger partial charge in [0.25, 0.3) is 0 Å². The van der Waals surface area contributed by atoms with Crippen molar-refractivity contribution in [3.05, 3.63) is 163 Å². The van der Waals surface area contributed by atoms with E-state index < -0.39 is 0 Å². The highest BCUT2D eigenvalue weighted by Crippen LogP contribution is 2.50. The number of nitrogens with zero attached hydrogens (tertiary/aromatic N) is 1. The molecular weight excluding hydrogens is 587 g/mol. The molecule has 1 aliphatic rings. The molecule has 47 heavy (non-hydrogen) atoms. The summed E-state index contributed by atoms with van der Waals surface area (Å²) in [5.74, 6) is 0. The van der Waals surface area contributed by atoms with Crippen LogP contribution in [0.1, 0.15) is 11.1 Å². The predicted octanol–water partition coefficient (Wildman–Crippen LogP) is 12.7. The van der Waals surface area contributed by atoms with Crippen molar-refractivity contribution in [1.82, 2.24) is 4.57 Å². The first kappa shape index (κ1) is 25.5. The van der Waals surface area contributed by atoms with E-state index in [0.29, 0.717) is 0 Å². The number of fused-ring (bicyclic) bond motifs is 15. The Morgan fingerprint density at radius 1 is 0.447 bits per heavy atom. The SMILES string of the molecule is c1ccc(-n2c3ccccc3c3ccc(-c4ccc5c(c4)Cc4c-5c5ccccc5c5c4ccc4sc6ccccc6c45)cc32)cc1. The molecule has 0 spiro atoms. The van der Waals surface area contributed by atoms with Crippen molar-refractivity contribution in [2.45, 2.75) is 6.42 Å². The van der Waals surface area contributed by atoms with E-state index in [2.05, 4.69) is 156 Å². The minimum absolute atomic E-state index is 0.944. The van der Waals surface area contributed by atoms with Gasteiger partial charge in [0.05, 0.1) is 11.0 Å². The van der Waals surface area contributed by atoms with Gasteiger partial charge < -0.3 is 4.57 Å². The third-order valence-corrected chi connectivity index (χ3v) is 11.5. The highest BCUT2D eigenvalue weighted by atomic mass is 32.1. The molecule has 1 aliphatic carbocycles. The van der Waals surface area contributed by atoms with E-state index in [0.717, 1.165) is 6.42 Å². The number of para-hydroxylation sites is 2. The van der Waals surface area contributed by atoms with Crippen molar-refractivity contribution in [1.29, 1.82) is 0 Å². The molecule has 2 aromatic heterocycles. The summed E-state index contributed by atoms with van der Waals surface area (Å²) in [5, 5.41) is 10.8. The van der Waals surface area contributed by atoms with Crippen LogP contribution in [-0.4, -0.2) is 4.57 Å². The lowest BCUT2D eigenvalue weighted by molar-refractivity contribution is 1.18. The van der Waals surface area contributed by atoms with Crippen molar-refractivity contribution in [3.8, 4) is 27.9 Å². The van der Waals surface area contributed by atoms with E-state index in [4.69, 9.17) is 0 Å². The highest BCUT2D eigenvalue weighted by Gasteiger charge is 2.26. The molecule has 2 heteroatoms. The molecule has 0 unspecified atom stereocenters. The Hall–Kier alpha value is -5.70.